The van der Waals surface area contributed by atoms with Gasteiger partial charge in [-0.2, -0.15) is 0 Å². The van der Waals surface area contributed by atoms with Crippen molar-refractivity contribution in [2.75, 3.05) is 0 Å². The lowest BCUT2D eigenvalue weighted by atomic mass is 10.0. The largest absolute Gasteiger partial charge is 0.512 e. The molecule has 1 N–H and O–H groups in total. The fraction of sp³-hybridized carbons (Fsp3) is 0.316. The van der Waals surface area contributed by atoms with Gasteiger partial charge in [-0.25, -0.2) is 0 Å². The molecule has 0 atom stereocenters. The van der Waals surface area contributed by atoms with Crippen LogP contribution in [0.4, 0.5) is 0 Å². The van der Waals surface area contributed by atoms with Crippen LogP contribution in [0.25, 0.3) is 0 Å². The van der Waals surface area contributed by atoms with E-state index in [9.17, 15) is 9.90 Å². The van der Waals surface area contributed by atoms with Gasteiger partial charge < -0.3 is 5.11 Å². The third-order valence-corrected chi connectivity index (χ3v) is 3.66. The van der Waals surface area contributed by atoms with E-state index in [4.69, 9.17) is 0 Å². The summed E-state index contributed by atoms with van der Waals surface area (Å²) in [6.07, 6.45) is 13.0. The molecule has 0 saturated carbocycles. The summed E-state index contributed by atoms with van der Waals surface area (Å²) in [7, 11) is 0. The lowest BCUT2D eigenvalue weighted by Gasteiger charge is -2.03. The lowest BCUT2D eigenvalue weighted by molar-refractivity contribution is 0.0979. The molecule has 0 aromatic heterocycles. The summed E-state index contributed by atoms with van der Waals surface area (Å²) in [4.78, 5) is 11.9. The summed E-state index contributed by atoms with van der Waals surface area (Å²) in [6, 6.07) is 9.46. The number of ketones is 1. The SMILES string of the molecule is O=C(CCCCCCC(O)=C1C=CC=C1)c1ccccc1. The van der Waals surface area contributed by atoms with E-state index in [2.05, 4.69) is 0 Å². The van der Waals surface area contributed by atoms with Gasteiger partial charge in [0, 0.05) is 24.0 Å². The smallest absolute Gasteiger partial charge is 0.162 e. The van der Waals surface area contributed by atoms with Crippen LogP contribution in [0.1, 0.15) is 48.9 Å². The molecule has 0 bridgehead atoms. The second kappa shape index (κ2) is 8.25. The van der Waals surface area contributed by atoms with Gasteiger partial charge >= 0.3 is 0 Å². The van der Waals surface area contributed by atoms with Gasteiger partial charge in [0.1, 0.15) is 0 Å². The van der Waals surface area contributed by atoms with Crippen LogP contribution >= 0.6 is 0 Å². The van der Waals surface area contributed by atoms with Crippen LogP contribution in [-0.4, -0.2) is 10.9 Å². The van der Waals surface area contributed by atoms with Crippen molar-refractivity contribution in [2.45, 2.75) is 38.5 Å². The Morgan fingerprint density at radius 1 is 0.857 bits per heavy atom. The summed E-state index contributed by atoms with van der Waals surface area (Å²) in [5.41, 5.74) is 1.73. The molecule has 21 heavy (non-hydrogen) atoms. The highest BCUT2D eigenvalue weighted by atomic mass is 16.3. The number of carbonyl (C=O) groups excluding carboxylic acids is 1. The van der Waals surface area contributed by atoms with Crippen molar-refractivity contribution in [1.82, 2.24) is 0 Å². The van der Waals surface area contributed by atoms with Crippen LogP contribution in [0.15, 0.2) is 66.0 Å². The predicted molar refractivity (Wildman–Crippen MR) is 86.4 cm³/mol. The van der Waals surface area contributed by atoms with E-state index in [1.807, 2.05) is 54.6 Å². The summed E-state index contributed by atoms with van der Waals surface area (Å²) >= 11 is 0. The van der Waals surface area contributed by atoms with E-state index in [0.29, 0.717) is 12.2 Å². The average Bonchev–Trinajstić information content (AvgIpc) is 3.05. The molecule has 0 aliphatic heterocycles. The zero-order valence-corrected chi connectivity index (χ0v) is 12.3. The molecule has 0 fully saturated rings. The Hall–Kier alpha value is -2.09. The van der Waals surface area contributed by atoms with Crippen molar-refractivity contribution in [3.05, 3.63) is 71.5 Å². The third kappa shape index (κ3) is 5.07. The Kier molecular flexibility index (Phi) is 6.01. The Balaban J connectivity index is 1.58. The van der Waals surface area contributed by atoms with Gasteiger partial charge in [-0.05, 0) is 12.8 Å². The second-order valence-electron chi connectivity index (χ2n) is 5.32. The van der Waals surface area contributed by atoms with E-state index in [-0.39, 0.29) is 5.78 Å². The molecule has 2 rings (SSSR count). The standard InChI is InChI=1S/C19H22O2/c20-18(16-10-4-3-5-11-16)14-6-1-2-7-15-19(21)17-12-8-9-13-17/h3-5,8-13,21H,1-2,6-7,14-15H2. The molecule has 0 spiro atoms. The van der Waals surface area contributed by atoms with Crippen LogP contribution in [0.2, 0.25) is 0 Å². The molecule has 0 unspecified atom stereocenters. The average molecular weight is 282 g/mol. The number of aliphatic hydroxyl groups is 1. The monoisotopic (exact) mass is 282 g/mol. The number of unbranched alkanes of at least 4 members (excludes halogenated alkanes) is 3. The third-order valence-electron chi connectivity index (χ3n) is 3.66. The van der Waals surface area contributed by atoms with Crippen LogP contribution in [-0.2, 0) is 0 Å². The molecule has 1 aromatic carbocycles. The summed E-state index contributed by atoms with van der Waals surface area (Å²) in [5.74, 6) is 0.696. The summed E-state index contributed by atoms with van der Waals surface area (Å²) in [5, 5.41) is 9.87. The highest BCUT2D eigenvalue weighted by Crippen LogP contribution is 2.17. The van der Waals surface area contributed by atoms with Gasteiger partial charge in [-0.1, -0.05) is 67.5 Å². The number of hydrogen-bond donors (Lipinski definition) is 1. The minimum absolute atomic E-state index is 0.224. The normalized spacial score (nSPS) is 12.9. The van der Waals surface area contributed by atoms with E-state index >= 15 is 0 Å². The van der Waals surface area contributed by atoms with Crippen molar-refractivity contribution in [2.24, 2.45) is 0 Å². The molecule has 1 aromatic rings. The van der Waals surface area contributed by atoms with Gasteiger partial charge in [0.25, 0.3) is 0 Å². The first kappa shape index (κ1) is 15.3. The van der Waals surface area contributed by atoms with Crippen molar-refractivity contribution in [3.8, 4) is 0 Å². The first-order valence-electron chi connectivity index (χ1n) is 7.62. The molecule has 0 radical (unpaired) electrons. The molecular formula is C19H22O2. The molecule has 2 heteroatoms. The maximum Gasteiger partial charge on any atom is 0.162 e. The van der Waals surface area contributed by atoms with Gasteiger partial charge in [0.05, 0.1) is 5.76 Å². The van der Waals surface area contributed by atoms with Gasteiger partial charge in [0.2, 0.25) is 0 Å². The van der Waals surface area contributed by atoms with E-state index in [1.165, 1.54) is 0 Å². The van der Waals surface area contributed by atoms with Crippen LogP contribution in [0, 0.1) is 0 Å². The molecule has 0 saturated heterocycles. The minimum atomic E-state index is 0.224. The molecule has 0 amide bonds. The molecular weight excluding hydrogens is 260 g/mol. The maximum atomic E-state index is 11.9. The first-order valence-corrected chi connectivity index (χ1v) is 7.62. The minimum Gasteiger partial charge on any atom is -0.512 e. The number of allylic oxidation sites excluding steroid dienone is 6. The second-order valence-corrected chi connectivity index (χ2v) is 5.32. The van der Waals surface area contributed by atoms with E-state index in [1.54, 1.807) is 0 Å². The number of rotatable bonds is 8. The van der Waals surface area contributed by atoms with Crippen LogP contribution in [0.5, 0.6) is 0 Å². The molecule has 1 aliphatic carbocycles. The number of carbonyl (C=O) groups is 1. The van der Waals surface area contributed by atoms with Gasteiger partial charge in [-0.15, -0.1) is 0 Å². The Morgan fingerprint density at radius 2 is 1.48 bits per heavy atom. The topological polar surface area (TPSA) is 37.3 Å². The van der Waals surface area contributed by atoms with Crippen molar-refractivity contribution in [1.29, 1.82) is 0 Å². The lowest BCUT2D eigenvalue weighted by Crippen LogP contribution is -1.98. The molecule has 1 aliphatic rings. The Labute approximate surface area is 126 Å². The molecule has 0 heterocycles. The van der Waals surface area contributed by atoms with Crippen molar-refractivity contribution < 1.29 is 9.90 Å². The van der Waals surface area contributed by atoms with Crippen LogP contribution in [0.3, 0.4) is 0 Å². The summed E-state index contributed by atoms with van der Waals surface area (Å²) < 4.78 is 0. The Bertz CT molecular complexity index is 536. The molecule has 110 valence electrons. The van der Waals surface area contributed by atoms with Crippen molar-refractivity contribution in [3.63, 3.8) is 0 Å². The Morgan fingerprint density at radius 3 is 2.14 bits per heavy atom. The number of aliphatic hydroxyl groups excluding tert-OH is 1. The fourth-order valence-electron chi connectivity index (χ4n) is 2.41. The number of Topliss-reactive ketones (excluding diaryl/α,β-unsaturated/α-hetero) is 1. The predicted octanol–water partition coefficient (Wildman–Crippen LogP) is 5.15. The van der Waals surface area contributed by atoms with Crippen LogP contribution < -0.4 is 0 Å². The highest BCUT2D eigenvalue weighted by molar-refractivity contribution is 5.95. The zero-order chi connectivity index (χ0) is 14.9. The van der Waals surface area contributed by atoms with E-state index < -0.39 is 0 Å². The van der Waals surface area contributed by atoms with Crippen molar-refractivity contribution >= 4 is 5.78 Å². The van der Waals surface area contributed by atoms with E-state index in [0.717, 1.165) is 43.2 Å². The quantitative estimate of drug-likeness (QED) is 0.407. The first-order chi connectivity index (χ1) is 10.3. The van der Waals surface area contributed by atoms with Gasteiger partial charge in [-0.3, -0.25) is 4.79 Å². The summed E-state index contributed by atoms with van der Waals surface area (Å²) in [6.45, 7) is 0. The fourth-order valence-corrected chi connectivity index (χ4v) is 2.41. The highest BCUT2D eigenvalue weighted by Gasteiger charge is 2.05. The zero-order valence-electron chi connectivity index (χ0n) is 12.3. The number of hydrogen-bond acceptors (Lipinski definition) is 2. The number of benzene rings is 1. The van der Waals surface area contributed by atoms with Gasteiger partial charge in [0.15, 0.2) is 5.78 Å². The molecule has 2 nitrogen and oxygen atoms in total. The maximum absolute atomic E-state index is 11.9.